The van der Waals surface area contributed by atoms with Crippen LogP contribution in [0.2, 0.25) is 10.0 Å². The topological polar surface area (TPSA) is 24.9 Å². The third kappa shape index (κ3) is 4.19. The van der Waals surface area contributed by atoms with E-state index in [4.69, 9.17) is 23.2 Å². The summed E-state index contributed by atoms with van der Waals surface area (Å²) in [4.78, 5) is 4.56. The number of pyridine rings is 1. The van der Waals surface area contributed by atoms with Crippen molar-refractivity contribution in [2.24, 2.45) is 0 Å². The number of nitrogens with zero attached hydrogens (tertiary/aromatic N) is 1. The molecule has 2 nitrogen and oxygen atoms in total. The molecule has 0 bridgehead atoms. The van der Waals surface area contributed by atoms with Gasteiger partial charge in [-0.05, 0) is 56.1 Å². The van der Waals surface area contributed by atoms with Crippen molar-refractivity contribution in [1.82, 2.24) is 10.3 Å². The first-order chi connectivity index (χ1) is 10.0. The first-order valence-corrected chi connectivity index (χ1v) is 7.88. The van der Waals surface area contributed by atoms with Crippen LogP contribution < -0.4 is 5.32 Å². The second-order valence-electron chi connectivity index (χ2n) is 5.18. The van der Waals surface area contributed by atoms with E-state index < -0.39 is 0 Å². The Morgan fingerprint density at radius 3 is 2.52 bits per heavy atom. The molecule has 1 heterocycles. The molecule has 4 heteroatoms. The molecule has 0 aliphatic heterocycles. The van der Waals surface area contributed by atoms with Crippen LogP contribution in [0.5, 0.6) is 0 Å². The molecule has 1 aromatic carbocycles. The largest absolute Gasteiger partial charge is 0.310 e. The Labute approximate surface area is 136 Å². The number of likely N-dealkylation sites (N-methyl/N-ethyl adjacent to an activating group) is 1. The van der Waals surface area contributed by atoms with Crippen LogP contribution >= 0.6 is 23.2 Å². The van der Waals surface area contributed by atoms with Crippen LogP contribution in [-0.2, 0) is 6.42 Å². The zero-order valence-corrected chi connectivity index (χ0v) is 14.1. The molecule has 112 valence electrons. The third-order valence-corrected chi connectivity index (χ3v) is 4.12. The summed E-state index contributed by atoms with van der Waals surface area (Å²) >= 11 is 12.3. The molecule has 0 aliphatic rings. The van der Waals surface area contributed by atoms with Gasteiger partial charge < -0.3 is 5.32 Å². The number of benzene rings is 1. The van der Waals surface area contributed by atoms with Crippen molar-refractivity contribution in [1.29, 1.82) is 0 Å². The third-order valence-electron chi connectivity index (χ3n) is 3.53. The highest BCUT2D eigenvalue weighted by atomic mass is 35.5. The molecule has 2 aromatic rings. The second kappa shape index (κ2) is 7.26. The fraction of sp³-hybridized carbons (Fsp3) is 0.353. The number of hydrogen-bond acceptors (Lipinski definition) is 2. The minimum atomic E-state index is 0.196. The van der Waals surface area contributed by atoms with Gasteiger partial charge >= 0.3 is 0 Å². The van der Waals surface area contributed by atoms with Gasteiger partial charge in [0, 0.05) is 27.5 Å². The van der Waals surface area contributed by atoms with E-state index in [-0.39, 0.29) is 6.04 Å². The van der Waals surface area contributed by atoms with E-state index in [0.29, 0.717) is 10.0 Å². The summed E-state index contributed by atoms with van der Waals surface area (Å²) in [6.45, 7) is 7.06. The minimum absolute atomic E-state index is 0.196. The van der Waals surface area contributed by atoms with E-state index in [0.717, 1.165) is 29.9 Å². The number of hydrogen-bond donors (Lipinski definition) is 1. The van der Waals surface area contributed by atoms with Crippen LogP contribution in [0.3, 0.4) is 0 Å². The summed E-state index contributed by atoms with van der Waals surface area (Å²) in [5.74, 6) is 0. The van der Waals surface area contributed by atoms with Gasteiger partial charge in [-0.2, -0.15) is 0 Å². The molecule has 2 rings (SSSR count). The van der Waals surface area contributed by atoms with Gasteiger partial charge in [0.2, 0.25) is 0 Å². The Morgan fingerprint density at radius 2 is 1.90 bits per heavy atom. The van der Waals surface area contributed by atoms with E-state index in [9.17, 15) is 0 Å². The fourth-order valence-electron chi connectivity index (χ4n) is 2.51. The van der Waals surface area contributed by atoms with Gasteiger partial charge in [-0.15, -0.1) is 0 Å². The average Bonchev–Trinajstić information content (AvgIpc) is 2.41. The Kier molecular flexibility index (Phi) is 5.63. The van der Waals surface area contributed by atoms with Crippen LogP contribution in [0.4, 0.5) is 0 Å². The number of rotatable bonds is 5. The number of aryl methyl sites for hydroxylation is 2. The summed E-state index contributed by atoms with van der Waals surface area (Å²) in [6, 6.07) is 10.1. The summed E-state index contributed by atoms with van der Waals surface area (Å²) in [5.41, 5.74) is 4.41. The Bertz CT molecular complexity index is 626. The molecule has 21 heavy (non-hydrogen) atoms. The maximum atomic E-state index is 6.30. The standard InChI is InChI=1S/C17H20Cl2N2/c1-4-20-17(15-8-5-11(2)21-12(15)3)9-13-6-7-14(18)10-16(13)19/h5-8,10,17,20H,4,9H2,1-3H3. The van der Waals surface area contributed by atoms with E-state index in [1.54, 1.807) is 6.07 Å². The Hall–Kier alpha value is -1.09. The number of aromatic nitrogens is 1. The monoisotopic (exact) mass is 322 g/mol. The zero-order chi connectivity index (χ0) is 15.4. The molecule has 0 radical (unpaired) electrons. The first kappa shape index (κ1) is 16.3. The smallest absolute Gasteiger partial charge is 0.0453 e. The summed E-state index contributed by atoms with van der Waals surface area (Å²) in [6.07, 6.45) is 0.815. The van der Waals surface area contributed by atoms with Crippen LogP contribution in [0.1, 0.15) is 35.5 Å². The summed E-state index contributed by atoms with van der Waals surface area (Å²) < 4.78 is 0. The molecule has 0 spiro atoms. The van der Waals surface area contributed by atoms with Crippen molar-refractivity contribution in [3.05, 3.63) is 62.9 Å². The summed E-state index contributed by atoms with van der Waals surface area (Å²) in [5, 5.41) is 4.89. The molecular formula is C17H20Cl2N2. The maximum absolute atomic E-state index is 6.30. The highest BCUT2D eigenvalue weighted by Crippen LogP contribution is 2.27. The maximum Gasteiger partial charge on any atom is 0.0453 e. The number of nitrogens with one attached hydrogen (secondary N) is 1. The van der Waals surface area contributed by atoms with Gasteiger partial charge in [-0.3, -0.25) is 4.98 Å². The summed E-state index contributed by atoms with van der Waals surface area (Å²) in [7, 11) is 0. The van der Waals surface area contributed by atoms with Crippen molar-refractivity contribution < 1.29 is 0 Å². The van der Waals surface area contributed by atoms with Crippen LogP contribution in [-0.4, -0.2) is 11.5 Å². The minimum Gasteiger partial charge on any atom is -0.310 e. The highest BCUT2D eigenvalue weighted by Gasteiger charge is 2.16. The molecule has 0 saturated heterocycles. The quantitative estimate of drug-likeness (QED) is 0.846. The lowest BCUT2D eigenvalue weighted by Gasteiger charge is -2.21. The molecule has 0 aliphatic carbocycles. The van der Waals surface area contributed by atoms with Gasteiger partial charge in [0.25, 0.3) is 0 Å². The van der Waals surface area contributed by atoms with Crippen molar-refractivity contribution >= 4 is 23.2 Å². The van der Waals surface area contributed by atoms with Gasteiger partial charge in [-0.1, -0.05) is 42.3 Å². The van der Waals surface area contributed by atoms with E-state index in [1.165, 1.54) is 5.56 Å². The molecule has 0 saturated carbocycles. The lowest BCUT2D eigenvalue weighted by molar-refractivity contribution is 0.545. The molecule has 1 aromatic heterocycles. The first-order valence-electron chi connectivity index (χ1n) is 7.12. The van der Waals surface area contributed by atoms with Gasteiger partial charge in [-0.25, -0.2) is 0 Å². The molecule has 1 unspecified atom stereocenters. The fourth-order valence-corrected chi connectivity index (χ4v) is 3.00. The average molecular weight is 323 g/mol. The lowest BCUT2D eigenvalue weighted by Crippen LogP contribution is -2.24. The normalized spacial score (nSPS) is 12.4. The van der Waals surface area contributed by atoms with Crippen molar-refractivity contribution in [3.8, 4) is 0 Å². The van der Waals surface area contributed by atoms with Gasteiger partial charge in [0.1, 0.15) is 0 Å². The van der Waals surface area contributed by atoms with Crippen molar-refractivity contribution in [2.45, 2.75) is 33.2 Å². The SMILES string of the molecule is CCNC(Cc1ccc(Cl)cc1Cl)c1ccc(C)nc1C. The van der Waals surface area contributed by atoms with E-state index >= 15 is 0 Å². The van der Waals surface area contributed by atoms with E-state index in [2.05, 4.69) is 36.3 Å². The molecule has 1 atom stereocenters. The molecular weight excluding hydrogens is 303 g/mol. The zero-order valence-electron chi connectivity index (χ0n) is 12.6. The highest BCUT2D eigenvalue weighted by molar-refractivity contribution is 6.35. The predicted molar refractivity (Wildman–Crippen MR) is 90.3 cm³/mol. The number of halogens is 2. The second-order valence-corrected chi connectivity index (χ2v) is 6.02. The predicted octanol–water partition coefficient (Wildman–Crippen LogP) is 4.90. The van der Waals surface area contributed by atoms with Crippen LogP contribution in [0, 0.1) is 13.8 Å². The van der Waals surface area contributed by atoms with E-state index in [1.807, 2.05) is 19.1 Å². The van der Waals surface area contributed by atoms with Crippen LogP contribution in [0.25, 0.3) is 0 Å². The lowest BCUT2D eigenvalue weighted by atomic mass is 9.97. The molecule has 0 fully saturated rings. The van der Waals surface area contributed by atoms with Gasteiger partial charge in [0.05, 0.1) is 0 Å². The Balaban J connectivity index is 2.30. The van der Waals surface area contributed by atoms with Crippen molar-refractivity contribution in [2.75, 3.05) is 6.54 Å². The van der Waals surface area contributed by atoms with Crippen LogP contribution in [0.15, 0.2) is 30.3 Å². The Morgan fingerprint density at radius 1 is 1.14 bits per heavy atom. The molecule has 0 amide bonds. The van der Waals surface area contributed by atoms with Crippen molar-refractivity contribution in [3.63, 3.8) is 0 Å². The van der Waals surface area contributed by atoms with Gasteiger partial charge in [0.15, 0.2) is 0 Å². The molecule has 1 N–H and O–H groups in total.